The number of benzene rings is 2. The smallest absolute Gasteiger partial charge is 0.207 e. The van der Waals surface area contributed by atoms with Gasteiger partial charge in [-0.15, -0.1) is 0 Å². The molecule has 3 nitrogen and oxygen atoms in total. The molecule has 0 aromatic heterocycles. The second-order valence-electron chi connectivity index (χ2n) is 3.57. The second-order valence-corrected chi connectivity index (χ2v) is 6.40. The molecule has 0 heterocycles. The average molecular weight is 322 g/mol. The van der Waals surface area contributed by atoms with Crippen molar-refractivity contribution in [2.75, 3.05) is 0 Å². The fourth-order valence-corrected chi connectivity index (χ4v) is 3.21. The first-order valence-electron chi connectivity index (χ1n) is 5.05. The molecule has 0 saturated carbocycles. The molecule has 2 aromatic carbocycles. The Morgan fingerprint density at radius 2 is 1.61 bits per heavy atom. The number of hydrogen-bond acceptors (Lipinski definition) is 3. The van der Waals surface area contributed by atoms with Crippen LogP contribution in [0.3, 0.4) is 0 Å². The van der Waals surface area contributed by atoms with E-state index < -0.39 is 9.84 Å². The average Bonchev–Trinajstić information content (AvgIpc) is 2.39. The monoisotopic (exact) mass is 321 g/mol. The highest BCUT2D eigenvalue weighted by molar-refractivity contribution is 9.10. The Bertz CT molecular complexity index is 715. The first-order valence-corrected chi connectivity index (χ1v) is 7.33. The Kier molecular flexibility index (Phi) is 3.50. The van der Waals surface area contributed by atoms with Crippen LogP contribution < -0.4 is 0 Å². The summed E-state index contributed by atoms with van der Waals surface area (Å²) in [6.07, 6.45) is 0. The quantitative estimate of drug-likeness (QED) is 0.853. The van der Waals surface area contributed by atoms with Crippen LogP contribution in [-0.4, -0.2) is 8.42 Å². The zero-order valence-corrected chi connectivity index (χ0v) is 11.6. The summed E-state index contributed by atoms with van der Waals surface area (Å²) in [5, 5.41) is 8.95. The lowest BCUT2D eigenvalue weighted by atomic mass is 10.2. The third kappa shape index (κ3) is 2.30. The Hall–Kier alpha value is -1.64. The Labute approximate surface area is 114 Å². The molecule has 0 aliphatic carbocycles. The summed E-state index contributed by atoms with van der Waals surface area (Å²) in [5.74, 6) is 0. The Balaban J connectivity index is 2.63. The van der Waals surface area contributed by atoms with Crippen LogP contribution in [0.2, 0.25) is 0 Å². The molecule has 0 saturated heterocycles. The van der Waals surface area contributed by atoms with Gasteiger partial charge in [0.15, 0.2) is 0 Å². The molecule has 0 amide bonds. The van der Waals surface area contributed by atoms with Crippen LogP contribution in [0, 0.1) is 11.3 Å². The summed E-state index contributed by atoms with van der Waals surface area (Å²) in [7, 11) is -3.64. The first kappa shape index (κ1) is 12.8. The molecular formula is C13H8BrNO2S. The normalized spacial score (nSPS) is 10.9. The minimum atomic E-state index is -3.64. The molecule has 2 rings (SSSR count). The molecule has 0 atom stereocenters. The molecular weight excluding hydrogens is 314 g/mol. The highest BCUT2D eigenvalue weighted by Gasteiger charge is 2.20. The van der Waals surface area contributed by atoms with Gasteiger partial charge in [0, 0.05) is 4.47 Å². The van der Waals surface area contributed by atoms with Crippen LogP contribution in [0.25, 0.3) is 0 Å². The minimum absolute atomic E-state index is 0.0369. The Morgan fingerprint density at radius 3 is 2.22 bits per heavy atom. The van der Waals surface area contributed by atoms with Crippen molar-refractivity contribution >= 4 is 25.8 Å². The van der Waals surface area contributed by atoms with Crippen molar-refractivity contribution in [1.29, 1.82) is 5.26 Å². The van der Waals surface area contributed by atoms with Gasteiger partial charge < -0.3 is 0 Å². The van der Waals surface area contributed by atoms with Crippen LogP contribution in [0.1, 0.15) is 5.56 Å². The molecule has 90 valence electrons. The first-order chi connectivity index (χ1) is 8.55. The van der Waals surface area contributed by atoms with Crippen molar-refractivity contribution < 1.29 is 8.42 Å². The summed E-state index contributed by atoms with van der Waals surface area (Å²) in [6, 6.07) is 14.4. The fraction of sp³-hybridized carbons (Fsp3) is 0. The van der Waals surface area contributed by atoms with E-state index >= 15 is 0 Å². The summed E-state index contributed by atoms with van der Waals surface area (Å²) in [4.78, 5) is 0.211. The van der Waals surface area contributed by atoms with Gasteiger partial charge in [0.2, 0.25) is 9.84 Å². The van der Waals surface area contributed by atoms with E-state index in [2.05, 4.69) is 15.9 Å². The molecule has 2 aromatic rings. The van der Waals surface area contributed by atoms with Gasteiger partial charge in [-0.1, -0.05) is 28.1 Å². The zero-order valence-electron chi connectivity index (χ0n) is 9.17. The highest BCUT2D eigenvalue weighted by Crippen LogP contribution is 2.24. The fourth-order valence-electron chi connectivity index (χ4n) is 1.53. The van der Waals surface area contributed by atoms with Gasteiger partial charge in [-0.25, -0.2) is 8.42 Å². The van der Waals surface area contributed by atoms with Crippen molar-refractivity contribution in [3.05, 3.63) is 58.6 Å². The largest absolute Gasteiger partial charge is 0.218 e. The van der Waals surface area contributed by atoms with E-state index in [9.17, 15) is 8.42 Å². The van der Waals surface area contributed by atoms with E-state index in [0.717, 1.165) is 4.47 Å². The maximum Gasteiger partial charge on any atom is 0.207 e. The van der Waals surface area contributed by atoms with Crippen LogP contribution in [0.5, 0.6) is 0 Å². The van der Waals surface area contributed by atoms with Crippen molar-refractivity contribution in [3.63, 3.8) is 0 Å². The molecule has 0 spiro atoms. The number of halogens is 1. The topological polar surface area (TPSA) is 57.9 Å². The van der Waals surface area contributed by atoms with Crippen molar-refractivity contribution in [3.8, 4) is 6.07 Å². The van der Waals surface area contributed by atoms with Gasteiger partial charge in [-0.05, 0) is 36.4 Å². The van der Waals surface area contributed by atoms with Crippen molar-refractivity contribution in [2.24, 2.45) is 0 Å². The van der Waals surface area contributed by atoms with Crippen LogP contribution in [0.4, 0.5) is 0 Å². The molecule has 0 N–H and O–H groups in total. The van der Waals surface area contributed by atoms with Gasteiger partial charge in [-0.3, -0.25) is 0 Å². The van der Waals surface area contributed by atoms with E-state index in [1.54, 1.807) is 24.3 Å². The summed E-state index contributed by atoms with van der Waals surface area (Å²) < 4.78 is 25.5. The number of rotatable bonds is 2. The van der Waals surface area contributed by atoms with Crippen LogP contribution >= 0.6 is 15.9 Å². The standard InChI is InChI=1S/C13H8BrNO2S/c14-11-5-7-12(8-6-11)18(16,17)13-4-2-1-3-10(13)9-15/h1-8H. The maximum absolute atomic E-state index is 12.4. The summed E-state index contributed by atoms with van der Waals surface area (Å²) in [5.41, 5.74) is 0.153. The lowest BCUT2D eigenvalue weighted by Gasteiger charge is -2.06. The van der Waals surface area contributed by atoms with Gasteiger partial charge in [0.1, 0.15) is 6.07 Å². The molecule has 18 heavy (non-hydrogen) atoms. The van der Waals surface area contributed by atoms with E-state index in [1.165, 1.54) is 24.3 Å². The number of sulfone groups is 1. The van der Waals surface area contributed by atoms with Gasteiger partial charge in [0.25, 0.3) is 0 Å². The summed E-state index contributed by atoms with van der Waals surface area (Å²) in [6.45, 7) is 0. The number of nitriles is 1. The summed E-state index contributed by atoms with van der Waals surface area (Å²) >= 11 is 3.25. The van der Waals surface area contributed by atoms with E-state index in [1.807, 2.05) is 6.07 Å². The SMILES string of the molecule is N#Cc1ccccc1S(=O)(=O)c1ccc(Br)cc1. The van der Waals surface area contributed by atoms with E-state index in [0.29, 0.717) is 0 Å². The minimum Gasteiger partial charge on any atom is -0.218 e. The molecule has 0 radical (unpaired) electrons. The molecule has 5 heteroatoms. The van der Waals surface area contributed by atoms with Crippen molar-refractivity contribution in [2.45, 2.75) is 9.79 Å². The van der Waals surface area contributed by atoms with E-state index in [-0.39, 0.29) is 15.4 Å². The number of hydrogen-bond donors (Lipinski definition) is 0. The third-order valence-electron chi connectivity index (χ3n) is 2.42. The van der Waals surface area contributed by atoms with E-state index in [4.69, 9.17) is 5.26 Å². The van der Waals surface area contributed by atoms with Crippen LogP contribution in [-0.2, 0) is 9.84 Å². The highest BCUT2D eigenvalue weighted by atomic mass is 79.9. The molecule has 0 fully saturated rings. The molecule has 0 aliphatic rings. The third-order valence-corrected chi connectivity index (χ3v) is 4.78. The van der Waals surface area contributed by atoms with Crippen molar-refractivity contribution in [1.82, 2.24) is 0 Å². The predicted molar refractivity (Wildman–Crippen MR) is 70.8 cm³/mol. The number of nitrogens with zero attached hydrogens (tertiary/aromatic N) is 1. The second kappa shape index (κ2) is 4.92. The Morgan fingerprint density at radius 1 is 1.00 bits per heavy atom. The van der Waals surface area contributed by atoms with Crippen LogP contribution in [0.15, 0.2) is 62.8 Å². The lowest BCUT2D eigenvalue weighted by Crippen LogP contribution is -2.04. The van der Waals surface area contributed by atoms with Gasteiger partial charge in [0.05, 0.1) is 15.4 Å². The van der Waals surface area contributed by atoms with Gasteiger partial charge >= 0.3 is 0 Å². The predicted octanol–water partition coefficient (Wildman–Crippen LogP) is 3.15. The maximum atomic E-state index is 12.4. The molecule has 0 unspecified atom stereocenters. The molecule has 0 bridgehead atoms. The zero-order chi connectivity index (χ0) is 13.2. The van der Waals surface area contributed by atoms with Gasteiger partial charge in [-0.2, -0.15) is 5.26 Å². The lowest BCUT2D eigenvalue weighted by molar-refractivity contribution is 0.596. The molecule has 0 aliphatic heterocycles.